The van der Waals surface area contributed by atoms with Crippen LogP contribution in [0, 0.1) is 5.82 Å². The maximum absolute atomic E-state index is 14.6. The second-order valence-electron chi connectivity index (χ2n) is 5.68. The minimum absolute atomic E-state index is 0.0932. The lowest BCUT2D eigenvalue weighted by atomic mass is 10.1. The molecule has 122 valence electrons. The van der Waals surface area contributed by atoms with Gasteiger partial charge >= 0.3 is 0 Å². The normalized spacial score (nSPS) is 13.9. The van der Waals surface area contributed by atoms with Gasteiger partial charge in [-0.2, -0.15) is 0 Å². The van der Waals surface area contributed by atoms with Crippen LogP contribution in [0.15, 0.2) is 24.5 Å². The summed E-state index contributed by atoms with van der Waals surface area (Å²) in [5.41, 5.74) is 1.37. The van der Waals surface area contributed by atoms with E-state index in [2.05, 4.69) is 9.97 Å². The van der Waals surface area contributed by atoms with Gasteiger partial charge in [-0.15, -0.1) is 0 Å². The van der Waals surface area contributed by atoms with Gasteiger partial charge in [0.05, 0.1) is 12.8 Å². The van der Waals surface area contributed by atoms with Crippen LogP contribution < -0.4 is 9.64 Å². The van der Waals surface area contributed by atoms with E-state index >= 15 is 0 Å². The van der Waals surface area contributed by atoms with Gasteiger partial charge in [-0.1, -0.05) is 13.0 Å². The summed E-state index contributed by atoms with van der Waals surface area (Å²) in [6, 6.07) is 5.47. The largest absolute Gasteiger partial charge is 0.504 e. The molecule has 1 aromatic heterocycles. The maximum Gasteiger partial charge on any atom is 0.187 e. The summed E-state index contributed by atoms with van der Waals surface area (Å²) >= 11 is 0. The lowest BCUT2D eigenvalue weighted by Crippen LogP contribution is -2.27. The van der Waals surface area contributed by atoms with E-state index in [1.54, 1.807) is 12.1 Å². The number of hydrogen-bond acceptors (Lipinski definition) is 5. The third kappa shape index (κ3) is 3.21. The third-order valence-corrected chi connectivity index (χ3v) is 4.03. The molecule has 1 saturated carbocycles. The second-order valence-corrected chi connectivity index (χ2v) is 5.68. The predicted octanol–water partition coefficient (Wildman–Crippen LogP) is 3.06. The Hall–Kier alpha value is -2.37. The van der Waals surface area contributed by atoms with Crippen molar-refractivity contribution in [3.8, 4) is 11.5 Å². The van der Waals surface area contributed by atoms with Crippen molar-refractivity contribution in [2.24, 2.45) is 0 Å². The number of halogens is 1. The number of rotatable bonds is 6. The van der Waals surface area contributed by atoms with Crippen molar-refractivity contribution in [1.82, 2.24) is 9.97 Å². The van der Waals surface area contributed by atoms with Crippen molar-refractivity contribution in [2.75, 3.05) is 12.0 Å². The first-order valence-electron chi connectivity index (χ1n) is 7.76. The Morgan fingerprint density at radius 1 is 1.35 bits per heavy atom. The van der Waals surface area contributed by atoms with Crippen molar-refractivity contribution < 1.29 is 14.2 Å². The van der Waals surface area contributed by atoms with Gasteiger partial charge < -0.3 is 14.7 Å². The lowest BCUT2D eigenvalue weighted by molar-refractivity contribution is 0.373. The average Bonchev–Trinajstić information content (AvgIpc) is 3.39. The minimum Gasteiger partial charge on any atom is -0.504 e. The summed E-state index contributed by atoms with van der Waals surface area (Å²) < 4.78 is 19.7. The van der Waals surface area contributed by atoms with E-state index < -0.39 is 0 Å². The van der Waals surface area contributed by atoms with Crippen LogP contribution in [0.5, 0.6) is 11.5 Å². The van der Waals surface area contributed by atoms with Gasteiger partial charge in [0.2, 0.25) is 0 Å². The molecule has 2 aromatic rings. The Morgan fingerprint density at radius 3 is 2.78 bits per heavy atom. The molecule has 0 saturated heterocycles. The number of aryl methyl sites for hydroxylation is 1. The highest BCUT2D eigenvalue weighted by atomic mass is 19.1. The molecule has 0 atom stereocenters. The molecule has 1 fully saturated rings. The van der Waals surface area contributed by atoms with E-state index in [0.717, 1.165) is 18.4 Å². The highest BCUT2D eigenvalue weighted by Gasteiger charge is 2.32. The highest BCUT2D eigenvalue weighted by Crippen LogP contribution is 2.35. The zero-order chi connectivity index (χ0) is 16.4. The van der Waals surface area contributed by atoms with Crippen molar-refractivity contribution in [3.05, 3.63) is 41.6 Å². The third-order valence-electron chi connectivity index (χ3n) is 4.03. The molecule has 23 heavy (non-hydrogen) atoms. The summed E-state index contributed by atoms with van der Waals surface area (Å²) in [5.74, 6) is 0.519. The average molecular weight is 317 g/mol. The summed E-state index contributed by atoms with van der Waals surface area (Å²) in [7, 11) is 1.51. The fourth-order valence-electron chi connectivity index (χ4n) is 2.62. The van der Waals surface area contributed by atoms with Crippen LogP contribution in [-0.2, 0) is 13.0 Å². The van der Waals surface area contributed by atoms with E-state index in [9.17, 15) is 9.50 Å². The molecule has 0 amide bonds. The van der Waals surface area contributed by atoms with Crippen LogP contribution in [0.4, 0.5) is 10.2 Å². The Balaban J connectivity index is 1.91. The van der Waals surface area contributed by atoms with Crippen molar-refractivity contribution in [1.29, 1.82) is 0 Å². The number of methoxy groups -OCH3 is 1. The quantitative estimate of drug-likeness (QED) is 0.887. The van der Waals surface area contributed by atoms with Gasteiger partial charge in [-0.25, -0.2) is 14.4 Å². The molecule has 0 spiro atoms. The van der Waals surface area contributed by atoms with Gasteiger partial charge in [0.25, 0.3) is 0 Å². The van der Waals surface area contributed by atoms with E-state index in [1.165, 1.54) is 13.4 Å². The number of phenolic OH excluding ortho intramolecular Hbond substituents is 1. The van der Waals surface area contributed by atoms with Crippen molar-refractivity contribution in [3.63, 3.8) is 0 Å². The Kier molecular flexibility index (Phi) is 4.32. The molecule has 1 aromatic carbocycles. The fraction of sp³-hybridized carbons (Fsp3) is 0.412. The fourth-order valence-corrected chi connectivity index (χ4v) is 2.62. The molecular formula is C17H20FN3O2. The summed E-state index contributed by atoms with van der Waals surface area (Å²) in [6.07, 6.45) is 4.01. The van der Waals surface area contributed by atoms with Crippen molar-refractivity contribution in [2.45, 2.75) is 38.8 Å². The molecule has 0 aliphatic heterocycles. The topological polar surface area (TPSA) is 58.5 Å². The molecule has 5 nitrogen and oxygen atoms in total. The molecule has 0 unspecified atom stereocenters. The number of ether oxygens (including phenoxy) is 1. The zero-order valence-electron chi connectivity index (χ0n) is 13.3. The molecule has 0 radical (unpaired) electrons. The van der Waals surface area contributed by atoms with Crippen LogP contribution in [0.2, 0.25) is 0 Å². The molecule has 1 N–H and O–H groups in total. The highest BCUT2D eigenvalue weighted by molar-refractivity contribution is 5.47. The number of nitrogens with zero attached hydrogens (tertiary/aromatic N) is 3. The first-order chi connectivity index (χ1) is 11.1. The summed E-state index contributed by atoms with van der Waals surface area (Å²) in [6.45, 7) is 2.39. The van der Waals surface area contributed by atoms with Gasteiger partial charge in [0.1, 0.15) is 6.33 Å². The molecule has 1 aliphatic rings. The smallest absolute Gasteiger partial charge is 0.187 e. The Bertz CT molecular complexity index is 704. The minimum atomic E-state index is -0.340. The van der Waals surface area contributed by atoms with Gasteiger partial charge in [-0.05, 0) is 37.0 Å². The number of hydrogen-bond donors (Lipinski definition) is 1. The molecule has 6 heteroatoms. The van der Waals surface area contributed by atoms with Crippen LogP contribution in [0.1, 0.15) is 31.0 Å². The Labute approximate surface area is 134 Å². The van der Waals surface area contributed by atoms with E-state index in [1.807, 2.05) is 17.9 Å². The first kappa shape index (κ1) is 15.5. The van der Waals surface area contributed by atoms with Crippen LogP contribution in [0.25, 0.3) is 0 Å². The monoisotopic (exact) mass is 317 g/mol. The Morgan fingerprint density at radius 2 is 2.13 bits per heavy atom. The standard InChI is InChI=1S/C17H20FN3O2/c1-3-13-16(18)17(20-10-19-13)21(12-5-6-12)9-11-4-7-14(22)15(8-11)23-2/h4,7-8,10,12,22H,3,5-6,9H2,1-2H3. The molecule has 1 heterocycles. The molecular weight excluding hydrogens is 297 g/mol. The SMILES string of the molecule is CCc1ncnc(N(Cc2ccc(O)c(OC)c2)C2CC2)c1F. The predicted molar refractivity (Wildman–Crippen MR) is 85.2 cm³/mol. The van der Waals surface area contributed by atoms with E-state index in [-0.39, 0.29) is 11.6 Å². The summed E-state index contributed by atoms with van der Waals surface area (Å²) in [4.78, 5) is 10.1. The van der Waals surface area contributed by atoms with Crippen molar-refractivity contribution >= 4 is 5.82 Å². The lowest BCUT2D eigenvalue weighted by Gasteiger charge is -2.24. The molecule has 1 aliphatic carbocycles. The van der Waals surface area contributed by atoms with E-state index in [4.69, 9.17) is 4.74 Å². The summed E-state index contributed by atoms with van der Waals surface area (Å²) in [5, 5.41) is 9.70. The molecule has 0 bridgehead atoms. The number of benzene rings is 1. The van der Waals surface area contributed by atoms with Gasteiger partial charge in [0.15, 0.2) is 23.1 Å². The number of anilines is 1. The number of aromatic hydroxyl groups is 1. The zero-order valence-corrected chi connectivity index (χ0v) is 13.3. The van der Waals surface area contributed by atoms with Crippen LogP contribution in [-0.4, -0.2) is 28.2 Å². The van der Waals surface area contributed by atoms with Gasteiger partial charge in [-0.3, -0.25) is 0 Å². The maximum atomic E-state index is 14.6. The van der Waals surface area contributed by atoms with Gasteiger partial charge in [0, 0.05) is 12.6 Å². The number of aromatic nitrogens is 2. The van der Waals surface area contributed by atoms with Crippen LogP contribution >= 0.6 is 0 Å². The van der Waals surface area contributed by atoms with Crippen LogP contribution in [0.3, 0.4) is 0 Å². The molecule has 3 rings (SSSR count). The number of phenols is 1. The van der Waals surface area contributed by atoms with E-state index in [0.29, 0.717) is 36.3 Å². The second kappa shape index (κ2) is 6.40. The first-order valence-corrected chi connectivity index (χ1v) is 7.76.